The number of benzene rings is 1. The zero-order valence-electron chi connectivity index (χ0n) is 24.8. The molecule has 5 heterocycles. The van der Waals surface area contributed by atoms with Gasteiger partial charge in [0.15, 0.2) is 5.82 Å². The number of halogens is 2. The minimum Gasteiger partial charge on any atom is -0.494 e. The number of nitrogens with two attached hydrogens (primary N) is 1. The number of carbonyl (C=O) groups is 1. The molecule has 7 rings (SSSR count). The predicted molar refractivity (Wildman–Crippen MR) is 162 cm³/mol. The minimum atomic E-state index is -4.27. The highest BCUT2D eigenvalue weighted by Gasteiger charge is 2.44. The van der Waals surface area contributed by atoms with Crippen molar-refractivity contribution in [1.82, 2.24) is 24.0 Å². The standard InChI is InChI=1S/C30H35F2N7O4S/c1-36-26-21(12-18(14-24(26)43-2)29(40)38-19-7-9-20(33)22(38)10-8-19)34-28(36)23-13-17-6-11-25(39(30(31)32)44(3,41)42)35-27(17)37(23)15-16-4-5-16/h6,11-14,16,19-20,22,30H,4-5,7-10,15,33H2,1-3H3/t19-,20-,22-/m0/s1. The molecule has 1 aliphatic carbocycles. The fraction of sp³-hybridized carbons (Fsp3) is 0.500. The monoisotopic (exact) mass is 627 g/mol. The number of rotatable bonds is 8. The van der Waals surface area contributed by atoms with Gasteiger partial charge in [0.25, 0.3) is 5.91 Å². The molecule has 2 bridgehead atoms. The van der Waals surface area contributed by atoms with Crippen molar-refractivity contribution >= 4 is 43.8 Å². The topological polar surface area (TPSA) is 129 Å². The second-order valence-corrected chi connectivity index (χ2v) is 14.2. The molecule has 1 amide bonds. The van der Waals surface area contributed by atoms with E-state index in [1.807, 2.05) is 27.1 Å². The van der Waals surface area contributed by atoms with E-state index < -0.39 is 16.6 Å². The Morgan fingerprint density at radius 3 is 2.55 bits per heavy atom. The molecule has 2 N–H and O–H groups in total. The highest BCUT2D eigenvalue weighted by molar-refractivity contribution is 7.92. The minimum absolute atomic E-state index is 0.0282. The van der Waals surface area contributed by atoms with Crippen molar-refractivity contribution in [2.75, 3.05) is 17.7 Å². The van der Waals surface area contributed by atoms with Gasteiger partial charge in [-0.05, 0) is 74.8 Å². The maximum Gasteiger partial charge on any atom is 0.329 e. The van der Waals surface area contributed by atoms with Crippen LogP contribution in [0.5, 0.6) is 5.75 Å². The fourth-order valence-corrected chi connectivity index (χ4v) is 7.79. The molecule has 4 aromatic rings. The number of sulfonamides is 1. The molecule has 0 unspecified atom stereocenters. The van der Waals surface area contributed by atoms with Crippen LogP contribution >= 0.6 is 0 Å². The molecule has 3 aliphatic rings. The summed E-state index contributed by atoms with van der Waals surface area (Å²) in [7, 11) is -0.851. The first-order chi connectivity index (χ1) is 21.0. The fourth-order valence-electron chi connectivity index (χ4n) is 7.06. The van der Waals surface area contributed by atoms with E-state index in [0.717, 1.165) is 44.8 Å². The normalized spacial score (nSPS) is 22.0. The Balaban J connectivity index is 1.35. The van der Waals surface area contributed by atoms with Crippen molar-refractivity contribution in [3.8, 4) is 17.3 Å². The lowest BCUT2D eigenvalue weighted by Crippen LogP contribution is -2.53. The van der Waals surface area contributed by atoms with E-state index in [0.29, 0.717) is 57.4 Å². The number of ether oxygens (including phenoxy) is 1. The molecule has 0 radical (unpaired) electrons. The summed E-state index contributed by atoms with van der Waals surface area (Å²) >= 11 is 0. The van der Waals surface area contributed by atoms with Crippen molar-refractivity contribution in [1.29, 1.82) is 0 Å². The van der Waals surface area contributed by atoms with E-state index >= 15 is 0 Å². The smallest absolute Gasteiger partial charge is 0.329 e. The quantitative estimate of drug-likeness (QED) is 0.292. The first-order valence-electron chi connectivity index (χ1n) is 14.9. The van der Waals surface area contributed by atoms with E-state index in [4.69, 9.17) is 15.5 Å². The van der Waals surface area contributed by atoms with Gasteiger partial charge in [-0.2, -0.15) is 13.1 Å². The highest BCUT2D eigenvalue weighted by atomic mass is 32.2. The maximum absolute atomic E-state index is 13.9. The summed E-state index contributed by atoms with van der Waals surface area (Å²) in [5.41, 5.74) is 9.26. The number of piperidine rings is 1. The first kappa shape index (κ1) is 29.0. The number of anilines is 1. The van der Waals surface area contributed by atoms with Crippen molar-refractivity contribution < 1.29 is 26.7 Å². The van der Waals surface area contributed by atoms with Crippen molar-refractivity contribution in [3.63, 3.8) is 0 Å². The number of alkyl halides is 2. The summed E-state index contributed by atoms with van der Waals surface area (Å²) < 4.78 is 61.7. The third-order valence-electron chi connectivity index (χ3n) is 9.37. The van der Waals surface area contributed by atoms with Crippen LogP contribution in [0.1, 0.15) is 48.9 Å². The van der Waals surface area contributed by atoms with Gasteiger partial charge < -0.3 is 24.5 Å². The molecule has 234 valence electrons. The molecule has 0 spiro atoms. The Kier molecular flexibility index (Phi) is 6.85. The molecule has 3 fully saturated rings. The van der Waals surface area contributed by atoms with Crippen LogP contribution in [0.15, 0.2) is 30.3 Å². The van der Waals surface area contributed by atoms with E-state index in [2.05, 4.69) is 4.98 Å². The molecule has 3 atom stereocenters. The van der Waals surface area contributed by atoms with Crippen molar-refractivity contribution in [3.05, 3.63) is 35.9 Å². The molecule has 2 saturated heterocycles. The number of carbonyl (C=O) groups excluding carboxylic acids is 1. The predicted octanol–water partition coefficient (Wildman–Crippen LogP) is 4.09. The van der Waals surface area contributed by atoms with Crippen molar-refractivity contribution in [2.24, 2.45) is 18.7 Å². The van der Waals surface area contributed by atoms with E-state index in [1.165, 1.54) is 6.07 Å². The number of pyridine rings is 1. The number of hydrogen-bond acceptors (Lipinski definition) is 7. The van der Waals surface area contributed by atoms with Crippen LogP contribution in [-0.2, 0) is 23.6 Å². The summed E-state index contributed by atoms with van der Waals surface area (Å²) in [4.78, 5) is 25.2. The number of hydrogen-bond donors (Lipinski definition) is 1. The largest absolute Gasteiger partial charge is 0.494 e. The van der Waals surface area contributed by atoms with Gasteiger partial charge in [-0.25, -0.2) is 18.4 Å². The SMILES string of the molecule is COc1cc(C(=O)N2[C@H]3CC[C@H](N)[C@@H]2CC3)cc2nc(-c3cc4ccc(N(C(F)F)S(C)(=O)=O)nc4n3CC3CC3)n(C)c12. The van der Waals surface area contributed by atoms with Gasteiger partial charge in [-0.3, -0.25) is 4.79 Å². The third-order valence-corrected chi connectivity index (χ3v) is 10.4. The summed E-state index contributed by atoms with van der Waals surface area (Å²) in [5, 5.41) is 0.666. The summed E-state index contributed by atoms with van der Waals surface area (Å²) in [6.45, 7) is -2.70. The Hall–Kier alpha value is -3.78. The van der Waals surface area contributed by atoms with Gasteiger partial charge in [0.1, 0.15) is 22.7 Å². The number of amides is 1. The zero-order valence-corrected chi connectivity index (χ0v) is 25.6. The number of aryl methyl sites for hydroxylation is 1. The molecular formula is C30H35F2N7O4S. The van der Waals surface area contributed by atoms with E-state index in [-0.39, 0.29) is 34.2 Å². The van der Waals surface area contributed by atoms with Gasteiger partial charge in [0.2, 0.25) is 10.0 Å². The van der Waals surface area contributed by atoms with E-state index in [9.17, 15) is 22.0 Å². The molecule has 44 heavy (non-hydrogen) atoms. The van der Waals surface area contributed by atoms with Gasteiger partial charge in [0.05, 0.1) is 24.6 Å². The molecule has 3 aromatic heterocycles. The van der Waals surface area contributed by atoms with Gasteiger partial charge in [-0.15, -0.1) is 0 Å². The molecule has 1 aromatic carbocycles. The number of nitrogens with zero attached hydrogens (tertiary/aromatic N) is 6. The lowest BCUT2D eigenvalue weighted by Gasteiger charge is -2.38. The third kappa shape index (κ3) is 4.69. The lowest BCUT2D eigenvalue weighted by atomic mass is 9.97. The van der Waals surface area contributed by atoms with Crippen molar-refractivity contribution in [2.45, 2.75) is 69.7 Å². The average Bonchev–Trinajstić information content (AvgIpc) is 3.52. The van der Waals surface area contributed by atoms with Crippen LogP contribution in [-0.4, -0.2) is 76.4 Å². The number of imidazole rings is 1. The van der Waals surface area contributed by atoms with Crippen LogP contribution < -0.4 is 14.8 Å². The molecule has 2 aliphatic heterocycles. The maximum atomic E-state index is 13.9. The van der Waals surface area contributed by atoms with Crippen LogP contribution in [0.3, 0.4) is 0 Å². The van der Waals surface area contributed by atoms with Crippen LogP contribution in [0, 0.1) is 5.92 Å². The van der Waals surface area contributed by atoms with Crippen LogP contribution in [0.2, 0.25) is 0 Å². The molecule has 1 saturated carbocycles. The Morgan fingerprint density at radius 1 is 1.11 bits per heavy atom. The Bertz CT molecular complexity index is 1900. The first-order valence-corrected chi connectivity index (χ1v) is 16.7. The van der Waals surface area contributed by atoms with Gasteiger partial charge in [-0.1, -0.05) is 0 Å². The average molecular weight is 628 g/mol. The number of fused-ring (bicyclic) bond motifs is 4. The van der Waals surface area contributed by atoms with Crippen LogP contribution in [0.25, 0.3) is 33.6 Å². The second-order valence-electron chi connectivity index (χ2n) is 12.3. The summed E-state index contributed by atoms with van der Waals surface area (Å²) in [6, 6.07) is 8.51. The summed E-state index contributed by atoms with van der Waals surface area (Å²) in [5.74, 6) is 1.05. The second kappa shape index (κ2) is 10.4. The Morgan fingerprint density at radius 2 is 1.86 bits per heavy atom. The number of aromatic nitrogens is 4. The highest BCUT2D eigenvalue weighted by Crippen LogP contribution is 2.40. The number of methoxy groups -OCH3 is 1. The molecule has 11 nitrogen and oxygen atoms in total. The zero-order chi connectivity index (χ0) is 31.1. The Labute approximate surface area is 253 Å². The van der Waals surface area contributed by atoms with Gasteiger partial charge >= 0.3 is 6.55 Å². The van der Waals surface area contributed by atoms with E-state index in [1.54, 1.807) is 25.3 Å². The van der Waals surface area contributed by atoms with Gasteiger partial charge in [0, 0.05) is 42.7 Å². The van der Waals surface area contributed by atoms with Crippen LogP contribution in [0.4, 0.5) is 14.6 Å². The lowest BCUT2D eigenvalue weighted by molar-refractivity contribution is 0.0562. The molecule has 14 heteroatoms. The summed E-state index contributed by atoms with van der Waals surface area (Å²) in [6.07, 6.45) is 6.46. The molecular weight excluding hydrogens is 592 g/mol.